The smallest absolute Gasteiger partial charge is 0.0580 e. The molecule has 2 aliphatic rings. The van der Waals surface area contributed by atoms with Gasteiger partial charge in [-0.25, -0.2) is 0 Å². The number of aliphatic hydroxyl groups excluding tert-OH is 1. The van der Waals surface area contributed by atoms with Gasteiger partial charge < -0.3 is 10.0 Å². The van der Waals surface area contributed by atoms with Gasteiger partial charge in [-0.05, 0) is 50.3 Å². The second-order valence-electron chi connectivity index (χ2n) is 5.87. The van der Waals surface area contributed by atoms with Crippen LogP contribution in [0.4, 0.5) is 0 Å². The first-order valence-corrected chi connectivity index (χ1v) is 8.32. The first-order chi connectivity index (χ1) is 8.20. The maximum Gasteiger partial charge on any atom is 0.0580 e. The zero-order valence-corrected chi connectivity index (χ0v) is 12.1. The van der Waals surface area contributed by atoms with E-state index in [2.05, 4.69) is 30.6 Å². The van der Waals surface area contributed by atoms with Crippen molar-refractivity contribution >= 4 is 11.8 Å². The van der Waals surface area contributed by atoms with E-state index < -0.39 is 0 Å². The summed E-state index contributed by atoms with van der Waals surface area (Å²) in [6.07, 6.45) is 6.07. The van der Waals surface area contributed by atoms with Gasteiger partial charge in [0.15, 0.2) is 0 Å². The number of hydrogen-bond acceptors (Lipinski definition) is 3. The third-order valence-electron chi connectivity index (χ3n) is 4.68. The van der Waals surface area contributed by atoms with E-state index in [0.717, 1.165) is 24.9 Å². The Balaban J connectivity index is 1.82. The maximum absolute atomic E-state index is 10.1. The van der Waals surface area contributed by atoms with Gasteiger partial charge in [0.05, 0.1) is 6.10 Å². The molecule has 100 valence electrons. The van der Waals surface area contributed by atoms with Crippen LogP contribution in [0.25, 0.3) is 0 Å². The highest BCUT2D eigenvalue weighted by molar-refractivity contribution is 7.99. The normalized spacial score (nSPS) is 38.8. The van der Waals surface area contributed by atoms with Crippen LogP contribution in [-0.4, -0.2) is 47.3 Å². The lowest BCUT2D eigenvalue weighted by molar-refractivity contribution is 0.0258. The molecule has 0 spiro atoms. The maximum atomic E-state index is 10.1. The fraction of sp³-hybridized carbons (Fsp3) is 1.00. The van der Waals surface area contributed by atoms with Crippen molar-refractivity contribution in [2.24, 2.45) is 11.8 Å². The molecular formula is C14H27NOS. The number of nitrogens with zero attached hydrogens (tertiary/aromatic N) is 1. The monoisotopic (exact) mass is 257 g/mol. The van der Waals surface area contributed by atoms with Crippen molar-refractivity contribution < 1.29 is 5.11 Å². The summed E-state index contributed by atoms with van der Waals surface area (Å²) in [4.78, 5) is 2.51. The second kappa shape index (κ2) is 6.44. The van der Waals surface area contributed by atoms with Crippen LogP contribution in [0.2, 0.25) is 0 Å². The average Bonchev–Trinajstić information content (AvgIpc) is 2.85. The molecule has 1 saturated heterocycles. The van der Waals surface area contributed by atoms with Gasteiger partial charge in [-0.3, -0.25) is 0 Å². The summed E-state index contributed by atoms with van der Waals surface area (Å²) >= 11 is 2.07. The Hall–Kier alpha value is 0.270. The van der Waals surface area contributed by atoms with Crippen LogP contribution in [0.1, 0.15) is 39.0 Å². The first-order valence-electron chi connectivity index (χ1n) is 7.16. The van der Waals surface area contributed by atoms with Gasteiger partial charge in [0.1, 0.15) is 0 Å². The summed E-state index contributed by atoms with van der Waals surface area (Å²) in [5, 5.41) is 10.1. The Labute approximate surface area is 110 Å². The highest BCUT2D eigenvalue weighted by atomic mass is 32.2. The van der Waals surface area contributed by atoms with Crippen LogP contribution < -0.4 is 0 Å². The van der Waals surface area contributed by atoms with E-state index in [0.29, 0.717) is 5.92 Å². The molecule has 0 aromatic rings. The van der Waals surface area contributed by atoms with Crippen LogP contribution in [0.3, 0.4) is 0 Å². The lowest BCUT2D eigenvalue weighted by atomic mass is 9.78. The molecule has 1 saturated carbocycles. The average molecular weight is 257 g/mol. The molecule has 1 aliphatic carbocycles. The molecule has 0 amide bonds. The minimum atomic E-state index is -0.0469. The molecule has 1 heterocycles. The van der Waals surface area contributed by atoms with E-state index in [1.807, 2.05) is 0 Å². The van der Waals surface area contributed by atoms with Crippen molar-refractivity contribution in [1.82, 2.24) is 4.90 Å². The first kappa shape index (κ1) is 13.7. The fourth-order valence-electron chi connectivity index (χ4n) is 3.30. The molecule has 2 rings (SSSR count). The van der Waals surface area contributed by atoms with Crippen LogP contribution in [-0.2, 0) is 0 Å². The van der Waals surface area contributed by atoms with E-state index in [9.17, 15) is 5.11 Å². The molecule has 3 heteroatoms. The number of thioether (sulfide) groups is 1. The second-order valence-corrected chi connectivity index (χ2v) is 7.02. The molecule has 2 fully saturated rings. The Morgan fingerprint density at radius 2 is 2.12 bits per heavy atom. The van der Waals surface area contributed by atoms with Crippen LogP contribution in [0.5, 0.6) is 0 Å². The van der Waals surface area contributed by atoms with Crippen LogP contribution >= 0.6 is 11.8 Å². The quantitative estimate of drug-likeness (QED) is 0.837. The van der Waals surface area contributed by atoms with E-state index in [4.69, 9.17) is 0 Å². The molecule has 1 N–H and O–H groups in total. The minimum Gasteiger partial charge on any atom is -0.393 e. The van der Waals surface area contributed by atoms with Gasteiger partial charge in [-0.15, -0.1) is 0 Å². The highest BCUT2D eigenvalue weighted by Crippen LogP contribution is 2.32. The lowest BCUT2D eigenvalue weighted by Gasteiger charge is -2.36. The Bertz CT molecular complexity index is 230. The summed E-state index contributed by atoms with van der Waals surface area (Å²) in [5.74, 6) is 3.98. The summed E-state index contributed by atoms with van der Waals surface area (Å²) in [7, 11) is 2.25. The molecule has 0 aromatic carbocycles. The van der Waals surface area contributed by atoms with Crippen molar-refractivity contribution in [3.8, 4) is 0 Å². The van der Waals surface area contributed by atoms with Gasteiger partial charge in [0.2, 0.25) is 0 Å². The zero-order chi connectivity index (χ0) is 12.3. The Kier molecular flexibility index (Phi) is 5.19. The molecule has 0 bridgehead atoms. The SMILES string of the molecule is CCC1CCC(O)C(CN(C)C2CCSC2)C1. The fourth-order valence-corrected chi connectivity index (χ4v) is 4.60. The molecule has 0 aromatic heterocycles. The largest absolute Gasteiger partial charge is 0.393 e. The summed E-state index contributed by atoms with van der Waals surface area (Å²) in [6.45, 7) is 3.39. The van der Waals surface area contributed by atoms with Gasteiger partial charge in [0.25, 0.3) is 0 Å². The third kappa shape index (κ3) is 3.62. The summed E-state index contributed by atoms with van der Waals surface area (Å²) in [6, 6.07) is 0.759. The van der Waals surface area contributed by atoms with Crippen LogP contribution in [0, 0.1) is 11.8 Å². The van der Waals surface area contributed by atoms with Gasteiger partial charge in [-0.1, -0.05) is 13.3 Å². The van der Waals surface area contributed by atoms with Crippen molar-refractivity contribution in [1.29, 1.82) is 0 Å². The van der Waals surface area contributed by atoms with Crippen molar-refractivity contribution in [3.05, 3.63) is 0 Å². The van der Waals surface area contributed by atoms with E-state index >= 15 is 0 Å². The Morgan fingerprint density at radius 1 is 1.29 bits per heavy atom. The number of hydrogen-bond donors (Lipinski definition) is 1. The molecule has 0 radical (unpaired) electrons. The highest BCUT2D eigenvalue weighted by Gasteiger charge is 2.31. The molecular weight excluding hydrogens is 230 g/mol. The molecule has 4 unspecified atom stereocenters. The van der Waals surface area contributed by atoms with E-state index in [-0.39, 0.29) is 6.10 Å². The van der Waals surface area contributed by atoms with Crippen molar-refractivity contribution in [2.75, 3.05) is 25.1 Å². The van der Waals surface area contributed by atoms with Crippen molar-refractivity contribution in [3.63, 3.8) is 0 Å². The van der Waals surface area contributed by atoms with Crippen molar-refractivity contribution in [2.45, 2.75) is 51.2 Å². The zero-order valence-electron chi connectivity index (χ0n) is 11.3. The summed E-state index contributed by atoms with van der Waals surface area (Å²) in [5.41, 5.74) is 0. The molecule has 1 aliphatic heterocycles. The standard InChI is InChI=1S/C14H27NOS/c1-3-11-4-5-14(16)12(8-11)9-15(2)13-6-7-17-10-13/h11-14,16H,3-10H2,1-2H3. The topological polar surface area (TPSA) is 23.5 Å². The van der Waals surface area contributed by atoms with Gasteiger partial charge >= 0.3 is 0 Å². The summed E-state index contributed by atoms with van der Waals surface area (Å²) < 4.78 is 0. The predicted molar refractivity (Wildman–Crippen MR) is 75.5 cm³/mol. The molecule has 17 heavy (non-hydrogen) atoms. The Morgan fingerprint density at radius 3 is 2.76 bits per heavy atom. The van der Waals surface area contributed by atoms with E-state index in [1.165, 1.54) is 37.2 Å². The van der Waals surface area contributed by atoms with Gasteiger partial charge in [-0.2, -0.15) is 11.8 Å². The molecule has 4 atom stereocenters. The molecule has 2 nitrogen and oxygen atoms in total. The number of rotatable bonds is 4. The van der Waals surface area contributed by atoms with Gasteiger partial charge in [0, 0.05) is 18.3 Å². The van der Waals surface area contributed by atoms with Crippen LogP contribution in [0.15, 0.2) is 0 Å². The predicted octanol–water partition coefficient (Wildman–Crippen LogP) is 2.61. The number of aliphatic hydroxyl groups is 1. The van der Waals surface area contributed by atoms with E-state index in [1.54, 1.807) is 0 Å². The lowest BCUT2D eigenvalue weighted by Crippen LogP contribution is -2.41. The minimum absolute atomic E-state index is 0.0469. The third-order valence-corrected chi connectivity index (χ3v) is 5.82.